The van der Waals surface area contributed by atoms with Gasteiger partial charge in [0.2, 0.25) is 23.6 Å². The van der Waals surface area contributed by atoms with Gasteiger partial charge < -0.3 is 32.7 Å². The van der Waals surface area contributed by atoms with Crippen molar-refractivity contribution < 1.29 is 19.2 Å². The van der Waals surface area contributed by atoms with Crippen molar-refractivity contribution in [3.05, 3.63) is 0 Å². The number of nitrogens with one attached hydrogen (secondary N) is 5. The van der Waals surface area contributed by atoms with Gasteiger partial charge in [0, 0.05) is 13.5 Å². The topological polar surface area (TPSA) is 192 Å². The lowest BCUT2D eigenvalue weighted by Crippen LogP contribution is -2.56. The Bertz CT molecular complexity index is 637. The second kappa shape index (κ2) is 14.2. The van der Waals surface area contributed by atoms with Crippen LogP contribution in [0, 0.1) is 17.2 Å². The minimum absolute atomic E-state index is 0.0900. The van der Waals surface area contributed by atoms with Crippen LogP contribution in [0.3, 0.4) is 0 Å². The maximum Gasteiger partial charge on any atom is 0.243 e. The Balaban J connectivity index is 5.21. The molecule has 4 amide bonds. The molecular formula is C20H39N7O4. The first-order valence-electron chi connectivity index (χ1n) is 10.6. The Morgan fingerprint density at radius 3 is 1.65 bits per heavy atom. The highest BCUT2D eigenvalue weighted by Gasteiger charge is 2.29. The zero-order valence-electron chi connectivity index (χ0n) is 19.2. The van der Waals surface area contributed by atoms with Crippen LogP contribution in [0.2, 0.25) is 0 Å². The SMILES string of the molecule is CC(=O)NC(CC(C)C)C(=O)NC(CC(C)C)C(=O)NC(CCCNC(=N)N)C(N)=O. The summed E-state index contributed by atoms with van der Waals surface area (Å²) in [5, 5.41) is 17.7. The largest absolute Gasteiger partial charge is 0.370 e. The van der Waals surface area contributed by atoms with Crippen LogP contribution in [-0.4, -0.2) is 54.3 Å². The van der Waals surface area contributed by atoms with E-state index in [0.717, 1.165) is 0 Å². The average molecular weight is 442 g/mol. The molecule has 0 spiro atoms. The van der Waals surface area contributed by atoms with Crippen molar-refractivity contribution >= 4 is 29.6 Å². The van der Waals surface area contributed by atoms with Gasteiger partial charge in [-0.3, -0.25) is 24.6 Å². The van der Waals surface area contributed by atoms with Crippen LogP contribution in [-0.2, 0) is 19.2 Å². The Hall–Kier alpha value is -2.85. The molecule has 0 fully saturated rings. The van der Waals surface area contributed by atoms with E-state index in [4.69, 9.17) is 16.9 Å². The molecule has 9 N–H and O–H groups in total. The van der Waals surface area contributed by atoms with Crippen molar-refractivity contribution in [3.63, 3.8) is 0 Å². The van der Waals surface area contributed by atoms with Crippen molar-refractivity contribution in [3.8, 4) is 0 Å². The molecule has 31 heavy (non-hydrogen) atoms. The van der Waals surface area contributed by atoms with Gasteiger partial charge in [-0.25, -0.2) is 0 Å². The predicted molar refractivity (Wildman–Crippen MR) is 119 cm³/mol. The standard InChI is InChI=1S/C20H39N7O4/c1-11(2)9-15(25-13(5)28)18(30)27-16(10-12(3)4)19(31)26-14(17(21)29)7-6-8-24-20(22)23/h11-12,14-16H,6-10H2,1-5H3,(H2,21,29)(H,25,28)(H,26,31)(H,27,30)(H4,22,23,24). The van der Waals surface area contributed by atoms with Gasteiger partial charge in [0.15, 0.2) is 5.96 Å². The van der Waals surface area contributed by atoms with Crippen molar-refractivity contribution in [1.82, 2.24) is 21.3 Å². The van der Waals surface area contributed by atoms with Crippen LogP contribution in [0.1, 0.15) is 60.3 Å². The highest BCUT2D eigenvalue weighted by molar-refractivity contribution is 5.93. The fourth-order valence-corrected chi connectivity index (χ4v) is 3.01. The second-order valence-electron chi connectivity index (χ2n) is 8.52. The summed E-state index contributed by atoms with van der Waals surface area (Å²) >= 11 is 0. The molecule has 3 unspecified atom stereocenters. The van der Waals surface area contributed by atoms with E-state index in [0.29, 0.717) is 25.8 Å². The third kappa shape index (κ3) is 13.1. The summed E-state index contributed by atoms with van der Waals surface area (Å²) in [7, 11) is 0. The Morgan fingerprint density at radius 2 is 1.26 bits per heavy atom. The maximum absolute atomic E-state index is 12.8. The Kier molecular flexibility index (Phi) is 12.9. The Labute approximate surface area is 184 Å². The lowest BCUT2D eigenvalue weighted by Gasteiger charge is -2.26. The summed E-state index contributed by atoms with van der Waals surface area (Å²) in [4.78, 5) is 48.9. The molecule has 0 radical (unpaired) electrons. The quantitative estimate of drug-likeness (QED) is 0.106. The van der Waals surface area contributed by atoms with E-state index < -0.39 is 35.8 Å². The summed E-state index contributed by atoms with van der Waals surface area (Å²) in [5.41, 5.74) is 10.6. The number of primary amides is 1. The van der Waals surface area contributed by atoms with Gasteiger partial charge in [-0.1, -0.05) is 27.7 Å². The summed E-state index contributed by atoms with van der Waals surface area (Å²) in [6.07, 6.45) is 1.48. The zero-order chi connectivity index (χ0) is 24.1. The van der Waals surface area contributed by atoms with Gasteiger partial charge in [-0.15, -0.1) is 0 Å². The summed E-state index contributed by atoms with van der Waals surface area (Å²) in [6, 6.07) is -2.56. The lowest BCUT2D eigenvalue weighted by atomic mass is 9.99. The van der Waals surface area contributed by atoms with E-state index in [1.165, 1.54) is 6.92 Å². The van der Waals surface area contributed by atoms with Crippen molar-refractivity contribution in [2.75, 3.05) is 6.54 Å². The lowest BCUT2D eigenvalue weighted by molar-refractivity contribution is -0.133. The molecule has 0 heterocycles. The predicted octanol–water partition coefficient (Wildman–Crippen LogP) is -0.699. The van der Waals surface area contributed by atoms with E-state index >= 15 is 0 Å². The maximum atomic E-state index is 12.8. The van der Waals surface area contributed by atoms with Gasteiger partial charge in [-0.2, -0.15) is 0 Å². The average Bonchev–Trinajstić information content (AvgIpc) is 2.61. The molecule has 178 valence electrons. The van der Waals surface area contributed by atoms with Gasteiger partial charge in [-0.05, 0) is 37.5 Å². The van der Waals surface area contributed by atoms with Crippen LogP contribution >= 0.6 is 0 Å². The summed E-state index contributed by atoms with van der Waals surface area (Å²) in [6.45, 7) is 9.36. The number of amides is 4. The molecule has 0 aromatic rings. The van der Waals surface area contributed by atoms with E-state index in [9.17, 15) is 19.2 Å². The molecule has 0 aromatic heterocycles. The number of guanidine groups is 1. The van der Waals surface area contributed by atoms with Crippen molar-refractivity contribution in [2.24, 2.45) is 23.3 Å². The number of hydrogen-bond acceptors (Lipinski definition) is 5. The summed E-state index contributed by atoms with van der Waals surface area (Å²) in [5.74, 6) is -1.94. The van der Waals surface area contributed by atoms with Gasteiger partial charge in [0.05, 0.1) is 0 Å². The number of hydrogen-bond donors (Lipinski definition) is 7. The first-order valence-corrected chi connectivity index (χ1v) is 10.6. The van der Waals surface area contributed by atoms with Crippen molar-refractivity contribution in [2.45, 2.75) is 78.4 Å². The fourth-order valence-electron chi connectivity index (χ4n) is 3.01. The van der Waals surface area contributed by atoms with Crippen LogP contribution in [0.15, 0.2) is 0 Å². The highest BCUT2D eigenvalue weighted by Crippen LogP contribution is 2.09. The molecule has 0 rings (SSSR count). The molecule has 0 aliphatic heterocycles. The van der Waals surface area contributed by atoms with Gasteiger partial charge >= 0.3 is 0 Å². The second-order valence-corrected chi connectivity index (χ2v) is 8.52. The smallest absolute Gasteiger partial charge is 0.243 e. The third-order valence-corrected chi connectivity index (χ3v) is 4.39. The normalized spacial score (nSPS) is 13.8. The highest BCUT2D eigenvalue weighted by atomic mass is 16.2. The molecule has 11 heteroatoms. The zero-order valence-corrected chi connectivity index (χ0v) is 19.2. The van der Waals surface area contributed by atoms with Gasteiger partial charge in [0.1, 0.15) is 18.1 Å². The molecule has 0 saturated carbocycles. The fraction of sp³-hybridized carbons (Fsp3) is 0.750. The minimum Gasteiger partial charge on any atom is -0.370 e. The van der Waals surface area contributed by atoms with Crippen molar-refractivity contribution in [1.29, 1.82) is 5.41 Å². The molecule has 0 saturated heterocycles. The number of rotatable bonds is 14. The molecular weight excluding hydrogens is 402 g/mol. The monoisotopic (exact) mass is 441 g/mol. The number of carbonyl (C=O) groups is 4. The van der Waals surface area contributed by atoms with Crippen LogP contribution in [0.4, 0.5) is 0 Å². The first kappa shape index (κ1) is 28.1. The van der Waals surface area contributed by atoms with E-state index in [2.05, 4.69) is 21.3 Å². The van der Waals surface area contributed by atoms with E-state index in [1.54, 1.807) is 0 Å². The first-order chi connectivity index (χ1) is 14.3. The summed E-state index contributed by atoms with van der Waals surface area (Å²) < 4.78 is 0. The van der Waals surface area contributed by atoms with Gasteiger partial charge in [0.25, 0.3) is 0 Å². The van der Waals surface area contributed by atoms with Crippen LogP contribution in [0.5, 0.6) is 0 Å². The molecule has 3 atom stereocenters. The third-order valence-electron chi connectivity index (χ3n) is 4.39. The van der Waals surface area contributed by atoms with Crippen LogP contribution < -0.4 is 32.7 Å². The van der Waals surface area contributed by atoms with Crippen LogP contribution in [0.25, 0.3) is 0 Å². The number of carbonyl (C=O) groups excluding carboxylic acids is 4. The molecule has 0 aliphatic rings. The minimum atomic E-state index is -0.922. The number of nitrogens with two attached hydrogens (primary N) is 2. The molecule has 0 aliphatic carbocycles. The molecule has 11 nitrogen and oxygen atoms in total. The Morgan fingerprint density at radius 1 is 0.806 bits per heavy atom. The molecule has 0 bridgehead atoms. The van der Waals surface area contributed by atoms with E-state index in [-0.39, 0.29) is 30.1 Å². The van der Waals surface area contributed by atoms with E-state index in [1.807, 2.05) is 27.7 Å². The molecule has 0 aromatic carbocycles.